The van der Waals surface area contributed by atoms with Gasteiger partial charge in [0.25, 0.3) is 5.91 Å². The Hall–Kier alpha value is -2.44. The zero-order valence-corrected chi connectivity index (χ0v) is 18.3. The van der Waals surface area contributed by atoms with E-state index in [1.54, 1.807) is 30.5 Å². The van der Waals surface area contributed by atoms with Gasteiger partial charge in [-0.1, -0.05) is 37.6 Å². The molecule has 1 amide bonds. The second-order valence-corrected chi connectivity index (χ2v) is 8.16. The number of nitrogens with zero attached hydrogens (tertiary/aromatic N) is 1. The molecule has 29 heavy (non-hydrogen) atoms. The molecule has 0 aliphatic rings. The third-order valence-electron chi connectivity index (χ3n) is 4.36. The molecule has 0 fully saturated rings. The lowest BCUT2D eigenvalue weighted by Gasteiger charge is -2.15. The Morgan fingerprint density at radius 1 is 1.17 bits per heavy atom. The number of anilines is 2. The SMILES string of the molecule is CC(C)c1cc(Nc2ccc(Cl)cc2Br)ncc1C(=O)NCc1ccc(F)cc1. The van der Waals surface area contributed by atoms with E-state index in [1.807, 2.05) is 26.0 Å². The topological polar surface area (TPSA) is 54.0 Å². The molecule has 0 saturated carbocycles. The highest BCUT2D eigenvalue weighted by Crippen LogP contribution is 2.29. The van der Waals surface area contributed by atoms with Gasteiger partial charge in [0.1, 0.15) is 11.6 Å². The number of carbonyl (C=O) groups is 1. The van der Waals surface area contributed by atoms with E-state index >= 15 is 0 Å². The molecule has 2 aromatic carbocycles. The Balaban J connectivity index is 1.78. The van der Waals surface area contributed by atoms with Crippen LogP contribution in [0.2, 0.25) is 5.02 Å². The molecule has 0 spiro atoms. The fourth-order valence-electron chi connectivity index (χ4n) is 2.82. The zero-order valence-electron chi connectivity index (χ0n) is 16.0. The largest absolute Gasteiger partial charge is 0.348 e. The predicted molar refractivity (Wildman–Crippen MR) is 118 cm³/mol. The van der Waals surface area contributed by atoms with Crippen LogP contribution in [-0.4, -0.2) is 10.9 Å². The molecular weight excluding hydrogens is 457 g/mol. The summed E-state index contributed by atoms with van der Waals surface area (Å²) in [6.45, 7) is 4.36. The van der Waals surface area contributed by atoms with Gasteiger partial charge in [-0.15, -0.1) is 0 Å². The lowest BCUT2D eigenvalue weighted by Crippen LogP contribution is -2.24. The number of aromatic nitrogens is 1. The van der Waals surface area contributed by atoms with E-state index in [4.69, 9.17) is 11.6 Å². The average molecular weight is 477 g/mol. The summed E-state index contributed by atoms with van der Waals surface area (Å²) in [5, 5.41) is 6.74. The molecule has 0 aliphatic carbocycles. The van der Waals surface area contributed by atoms with Crippen molar-refractivity contribution >= 4 is 44.9 Å². The highest BCUT2D eigenvalue weighted by atomic mass is 79.9. The number of hydrogen-bond acceptors (Lipinski definition) is 3. The predicted octanol–water partition coefficient (Wildman–Crippen LogP) is 6.43. The van der Waals surface area contributed by atoms with Crippen LogP contribution in [0, 0.1) is 5.82 Å². The number of rotatable bonds is 6. The van der Waals surface area contributed by atoms with Gasteiger partial charge in [-0.25, -0.2) is 9.37 Å². The van der Waals surface area contributed by atoms with Gasteiger partial charge in [-0.05, 0) is 69.4 Å². The van der Waals surface area contributed by atoms with Gasteiger partial charge < -0.3 is 10.6 Å². The van der Waals surface area contributed by atoms with Crippen LogP contribution in [0.1, 0.15) is 41.3 Å². The Morgan fingerprint density at radius 3 is 2.55 bits per heavy atom. The Bertz CT molecular complexity index is 1030. The number of nitrogens with one attached hydrogen (secondary N) is 2. The average Bonchev–Trinajstić information content (AvgIpc) is 2.69. The van der Waals surface area contributed by atoms with Crippen molar-refractivity contribution in [3.63, 3.8) is 0 Å². The van der Waals surface area contributed by atoms with Gasteiger partial charge in [-0.3, -0.25) is 4.79 Å². The highest BCUT2D eigenvalue weighted by molar-refractivity contribution is 9.10. The van der Waals surface area contributed by atoms with Gasteiger partial charge in [0.15, 0.2) is 0 Å². The second kappa shape index (κ2) is 9.37. The van der Waals surface area contributed by atoms with E-state index in [1.165, 1.54) is 12.1 Å². The molecule has 0 aliphatic heterocycles. The quantitative estimate of drug-likeness (QED) is 0.431. The summed E-state index contributed by atoms with van der Waals surface area (Å²) in [4.78, 5) is 17.1. The number of amides is 1. The van der Waals surface area contributed by atoms with Crippen LogP contribution in [0.4, 0.5) is 15.9 Å². The van der Waals surface area contributed by atoms with Crippen molar-refractivity contribution in [3.8, 4) is 0 Å². The normalized spacial score (nSPS) is 10.8. The number of halogens is 3. The number of carbonyl (C=O) groups excluding carboxylic acids is 1. The first-order valence-corrected chi connectivity index (χ1v) is 10.2. The summed E-state index contributed by atoms with van der Waals surface area (Å²) >= 11 is 9.46. The summed E-state index contributed by atoms with van der Waals surface area (Å²) in [6, 6.07) is 13.4. The van der Waals surface area contributed by atoms with Crippen molar-refractivity contribution in [2.45, 2.75) is 26.3 Å². The Labute approximate surface area is 182 Å². The maximum absolute atomic E-state index is 13.0. The van der Waals surface area contributed by atoms with E-state index in [2.05, 4.69) is 31.5 Å². The minimum atomic E-state index is -0.304. The summed E-state index contributed by atoms with van der Waals surface area (Å²) in [5.74, 6) is 0.233. The van der Waals surface area contributed by atoms with Crippen LogP contribution < -0.4 is 10.6 Å². The first kappa shape index (κ1) is 21.3. The van der Waals surface area contributed by atoms with Crippen LogP contribution in [0.15, 0.2) is 59.2 Å². The molecule has 7 heteroatoms. The van der Waals surface area contributed by atoms with Crippen molar-refractivity contribution in [1.29, 1.82) is 0 Å². The summed E-state index contributed by atoms with van der Waals surface area (Å²) < 4.78 is 13.8. The molecular formula is C22H20BrClFN3O. The second-order valence-electron chi connectivity index (χ2n) is 6.87. The molecule has 3 rings (SSSR count). The summed E-state index contributed by atoms with van der Waals surface area (Å²) in [5.41, 5.74) is 3.04. The van der Waals surface area contributed by atoms with Crippen LogP contribution in [0.3, 0.4) is 0 Å². The van der Waals surface area contributed by atoms with Crippen molar-refractivity contribution in [2.75, 3.05) is 5.32 Å². The van der Waals surface area contributed by atoms with Crippen LogP contribution in [0.25, 0.3) is 0 Å². The highest BCUT2D eigenvalue weighted by Gasteiger charge is 2.16. The molecule has 0 unspecified atom stereocenters. The molecule has 2 N–H and O–H groups in total. The number of hydrogen-bond donors (Lipinski definition) is 2. The lowest BCUT2D eigenvalue weighted by molar-refractivity contribution is 0.0949. The first-order valence-electron chi connectivity index (χ1n) is 9.08. The van der Waals surface area contributed by atoms with E-state index in [0.717, 1.165) is 21.3 Å². The monoisotopic (exact) mass is 475 g/mol. The maximum atomic E-state index is 13.0. The number of benzene rings is 2. The van der Waals surface area contributed by atoms with Crippen molar-refractivity contribution in [2.24, 2.45) is 0 Å². The van der Waals surface area contributed by atoms with Crippen molar-refractivity contribution in [1.82, 2.24) is 10.3 Å². The molecule has 0 atom stereocenters. The minimum Gasteiger partial charge on any atom is -0.348 e. The molecule has 1 aromatic heterocycles. The molecule has 3 aromatic rings. The van der Waals surface area contributed by atoms with Gasteiger partial charge >= 0.3 is 0 Å². The Morgan fingerprint density at radius 2 is 1.90 bits per heavy atom. The maximum Gasteiger partial charge on any atom is 0.253 e. The van der Waals surface area contributed by atoms with Gasteiger partial charge in [-0.2, -0.15) is 0 Å². The molecule has 0 radical (unpaired) electrons. The number of pyridine rings is 1. The molecule has 1 heterocycles. The van der Waals surface area contributed by atoms with Gasteiger partial charge in [0.2, 0.25) is 0 Å². The fourth-order valence-corrected chi connectivity index (χ4v) is 3.60. The van der Waals surface area contributed by atoms with E-state index in [-0.39, 0.29) is 17.6 Å². The van der Waals surface area contributed by atoms with Crippen molar-refractivity contribution in [3.05, 3.63) is 86.7 Å². The first-order chi connectivity index (χ1) is 13.8. The van der Waals surface area contributed by atoms with Crippen molar-refractivity contribution < 1.29 is 9.18 Å². The summed E-state index contributed by atoms with van der Waals surface area (Å²) in [6.07, 6.45) is 1.57. The van der Waals surface area contributed by atoms with E-state index < -0.39 is 0 Å². The van der Waals surface area contributed by atoms with Crippen LogP contribution in [0.5, 0.6) is 0 Å². The Kier molecular flexibility index (Phi) is 6.87. The van der Waals surface area contributed by atoms with E-state index in [0.29, 0.717) is 22.9 Å². The fraction of sp³-hybridized carbons (Fsp3) is 0.182. The molecule has 0 saturated heterocycles. The molecule has 4 nitrogen and oxygen atoms in total. The standard InChI is InChI=1S/C22H20BrClFN3O/c1-13(2)17-10-21(28-20-8-5-15(24)9-19(20)23)26-12-18(17)22(29)27-11-14-3-6-16(25)7-4-14/h3-10,12-13H,11H2,1-2H3,(H,26,28)(H,27,29). The zero-order chi connectivity index (χ0) is 21.0. The molecule has 150 valence electrons. The smallest absolute Gasteiger partial charge is 0.253 e. The minimum absolute atomic E-state index is 0.124. The third-order valence-corrected chi connectivity index (χ3v) is 5.25. The van der Waals surface area contributed by atoms with Gasteiger partial charge in [0.05, 0.1) is 11.3 Å². The van der Waals surface area contributed by atoms with Crippen LogP contribution >= 0.6 is 27.5 Å². The van der Waals surface area contributed by atoms with Gasteiger partial charge in [0, 0.05) is 22.2 Å². The third kappa shape index (κ3) is 5.55. The van der Waals surface area contributed by atoms with Crippen LogP contribution in [-0.2, 0) is 6.54 Å². The van der Waals surface area contributed by atoms with E-state index in [9.17, 15) is 9.18 Å². The molecule has 0 bridgehead atoms. The summed E-state index contributed by atoms with van der Waals surface area (Å²) in [7, 11) is 0. The lowest BCUT2D eigenvalue weighted by atomic mass is 9.98.